The summed E-state index contributed by atoms with van der Waals surface area (Å²) >= 11 is 3.82. The van der Waals surface area contributed by atoms with Gasteiger partial charge in [-0.2, -0.15) is 0 Å². The van der Waals surface area contributed by atoms with Gasteiger partial charge in [-0.1, -0.05) is 18.2 Å². The van der Waals surface area contributed by atoms with E-state index in [1.165, 1.54) is 22.0 Å². The fourth-order valence-electron chi connectivity index (χ4n) is 1.52. The molecular weight excluding hydrogens is 258 g/mol. The molecule has 2 aromatic carbocycles. The Kier molecular flexibility index (Phi) is 5.49. The number of anilines is 1. The van der Waals surface area contributed by atoms with Crippen LogP contribution in [-0.2, 0) is 0 Å². The summed E-state index contributed by atoms with van der Waals surface area (Å²) in [4.78, 5) is 2.66. The Hall–Kier alpha value is -1.06. The van der Waals surface area contributed by atoms with Gasteiger partial charge in [-0.3, -0.25) is 0 Å². The van der Waals surface area contributed by atoms with E-state index in [4.69, 9.17) is 5.73 Å². The molecule has 2 rings (SSSR count). The molecular formula is C15H17NS2. The number of hydrogen-bond donors (Lipinski definition) is 1. The van der Waals surface area contributed by atoms with E-state index in [-0.39, 0.29) is 0 Å². The van der Waals surface area contributed by atoms with Crippen LogP contribution in [0.1, 0.15) is 6.42 Å². The van der Waals surface area contributed by atoms with E-state index in [0.29, 0.717) is 0 Å². The van der Waals surface area contributed by atoms with Gasteiger partial charge in [0, 0.05) is 15.5 Å². The molecule has 0 amide bonds. The first-order chi connectivity index (χ1) is 8.84. The lowest BCUT2D eigenvalue weighted by Crippen LogP contribution is -1.86. The van der Waals surface area contributed by atoms with Gasteiger partial charge >= 0.3 is 0 Å². The van der Waals surface area contributed by atoms with Crippen molar-refractivity contribution in [2.75, 3.05) is 17.2 Å². The van der Waals surface area contributed by atoms with Crippen molar-refractivity contribution in [1.29, 1.82) is 0 Å². The first kappa shape index (κ1) is 13.4. The third kappa shape index (κ3) is 4.67. The van der Waals surface area contributed by atoms with Gasteiger partial charge in [0.25, 0.3) is 0 Å². The van der Waals surface area contributed by atoms with Crippen LogP contribution in [0.4, 0.5) is 5.69 Å². The van der Waals surface area contributed by atoms with Crippen molar-refractivity contribution in [1.82, 2.24) is 0 Å². The largest absolute Gasteiger partial charge is 0.399 e. The Morgan fingerprint density at radius 1 is 0.722 bits per heavy atom. The van der Waals surface area contributed by atoms with E-state index in [1.54, 1.807) is 0 Å². The van der Waals surface area contributed by atoms with Crippen LogP contribution in [0.5, 0.6) is 0 Å². The highest BCUT2D eigenvalue weighted by atomic mass is 32.2. The number of hydrogen-bond acceptors (Lipinski definition) is 3. The van der Waals surface area contributed by atoms with Gasteiger partial charge < -0.3 is 5.73 Å². The first-order valence-corrected chi connectivity index (χ1v) is 7.98. The molecule has 0 aromatic heterocycles. The van der Waals surface area contributed by atoms with Crippen LogP contribution in [0.15, 0.2) is 64.4 Å². The van der Waals surface area contributed by atoms with E-state index in [1.807, 2.05) is 35.7 Å². The molecule has 2 N–H and O–H groups in total. The molecule has 0 spiro atoms. The molecule has 1 nitrogen and oxygen atoms in total. The Morgan fingerprint density at radius 2 is 1.28 bits per heavy atom. The molecule has 0 aliphatic rings. The zero-order valence-electron chi connectivity index (χ0n) is 10.2. The van der Waals surface area contributed by atoms with E-state index >= 15 is 0 Å². The fraction of sp³-hybridized carbons (Fsp3) is 0.200. The summed E-state index contributed by atoms with van der Waals surface area (Å²) in [6, 6.07) is 18.7. The van der Waals surface area contributed by atoms with Gasteiger partial charge in [0.05, 0.1) is 0 Å². The number of thioether (sulfide) groups is 2. The maximum atomic E-state index is 5.65. The molecule has 0 aliphatic heterocycles. The smallest absolute Gasteiger partial charge is 0.0314 e. The van der Waals surface area contributed by atoms with Crippen LogP contribution < -0.4 is 5.73 Å². The second-order valence-electron chi connectivity index (χ2n) is 3.93. The monoisotopic (exact) mass is 275 g/mol. The molecule has 0 unspecified atom stereocenters. The number of nitrogens with two attached hydrogens (primary N) is 1. The van der Waals surface area contributed by atoms with Crippen molar-refractivity contribution < 1.29 is 0 Å². The molecule has 94 valence electrons. The SMILES string of the molecule is Nc1ccc(SCCCSc2ccccc2)cc1. The van der Waals surface area contributed by atoms with Crippen LogP contribution in [-0.4, -0.2) is 11.5 Å². The topological polar surface area (TPSA) is 26.0 Å². The molecule has 0 radical (unpaired) electrons. The normalized spacial score (nSPS) is 10.4. The summed E-state index contributed by atoms with van der Waals surface area (Å²) < 4.78 is 0. The molecule has 0 saturated heterocycles. The number of benzene rings is 2. The van der Waals surface area contributed by atoms with Crippen molar-refractivity contribution in [3.05, 3.63) is 54.6 Å². The summed E-state index contributed by atoms with van der Waals surface area (Å²) in [6.45, 7) is 0. The third-order valence-corrected chi connectivity index (χ3v) is 4.65. The van der Waals surface area contributed by atoms with E-state index in [2.05, 4.69) is 42.5 Å². The first-order valence-electron chi connectivity index (χ1n) is 6.01. The van der Waals surface area contributed by atoms with Crippen molar-refractivity contribution in [2.24, 2.45) is 0 Å². The maximum Gasteiger partial charge on any atom is 0.0314 e. The van der Waals surface area contributed by atoms with Crippen LogP contribution in [0, 0.1) is 0 Å². The summed E-state index contributed by atoms with van der Waals surface area (Å²) in [5, 5.41) is 0. The van der Waals surface area contributed by atoms with E-state index < -0.39 is 0 Å². The minimum absolute atomic E-state index is 0.832. The van der Waals surface area contributed by atoms with E-state index in [0.717, 1.165) is 11.4 Å². The third-order valence-electron chi connectivity index (χ3n) is 2.45. The average molecular weight is 275 g/mol. The number of nitrogen functional groups attached to an aromatic ring is 1. The lowest BCUT2D eigenvalue weighted by molar-refractivity contribution is 1.12. The zero-order valence-corrected chi connectivity index (χ0v) is 11.8. The molecule has 0 heterocycles. The van der Waals surface area contributed by atoms with Gasteiger partial charge in [-0.15, -0.1) is 23.5 Å². The highest BCUT2D eigenvalue weighted by Gasteiger charge is 1.96. The zero-order chi connectivity index (χ0) is 12.6. The molecule has 3 heteroatoms. The predicted molar refractivity (Wildman–Crippen MR) is 83.4 cm³/mol. The van der Waals surface area contributed by atoms with E-state index in [9.17, 15) is 0 Å². The summed E-state index contributed by atoms with van der Waals surface area (Å²) in [6.07, 6.45) is 1.22. The highest BCUT2D eigenvalue weighted by molar-refractivity contribution is 8.00. The molecule has 0 saturated carbocycles. The minimum atomic E-state index is 0.832. The second-order valence-corrected chi connectivity index (χ2v) is 6.27. The van der Waals surface area contributed by atoms with Gasteiger partial charge in [-0.25, -0.2) is 0 Å². The van der Waals surface area contributed by atoms with Gasteiger partial charge in [0.15, 0.2) is 0 Å². The molecule has 0 bridgehead atoms. The average Bonchev–Trinajstić information content (AvgIpc) is 2.42. The summed E-state index contributed by atoms with van der Waals surface area (Å²) in [5.74, 6) is 2.33. The standard InChI is InChI=1S/C15H17NS2/c16-13-7-9-15(10-8-13)18-12-4-11-17-14-5-2-1-3-6-14/h1-3,5-10H,4,11-12,16H2. The minimum Gasteiger partial charge on any atom is -0.399 e. The Balaban J connectivity index is 1.63. The van der Waals surface area contributed by atoms with Crippen LogP contribution in [0.25, 0.3) is 0 Å². The van der Waals surface area contributed by atoms with Crippen molar-refractivity contribution in [2.45, 2.75) is 16.2 Å². The van der Waals surface area contributed by atoms with Crippen molar-refractivity contribution >= 4 is 29.2 Å². The fourth-order valence-corrected chi connectivity index (χ4v) is 3.43. The Morgan fingerprint density at radius 3 is 1.89 bits per heavy atom. The molecule has 18 heavy (non-hydrogen) atoms. The quantitative estimate of drug-likeness (QED) is 0.476. The maximum absolute atomic E-state index is 5.65. The summed E-state index contributed by atoms with van der Waals surface area (Å²) in [5.41, 5.74) is 6.49. The Bertz CT molecular complexity index is 454. The molecule has 2 aromatic rings. The predicted octanol–water partition coefficient (Wildman–Crippen LogP) is 4.54. The number of rotatable bonds is 6. The van der Waals surface area contributed by atoms with Crippen molar-refractivity contribution in [3.63, 3.8) is 0 Å². The molecule has 0 aliphatic carbocycles. The van der Waals surface area contributed by atoms with Crippen molar-refractivity contribution in [3.8, 4) is 0 Å². The van der Waals surface area contributed by atoms with Gasteiger partial charge in [0.1, 0.15) is 0 Å². The lowest BCUT2D eigenvalue weighted by Gasteiger charge is -2.03. The second kappa shape index (κ2) is 7.39. The molecule has 0 atom stereocenters. The van der Waals surface area contributed by atoms with Gasteiger partial charge in [0.2, 0.25) is 0 Å². The van der Waals surface area contributed by atoms with Crippen LogP contribution in [0.2, 0.25) is 0 Å². The van der Waals surface area contributed by atoms with Crippen LogP contribution >= 0.6 is 23.5 Å². The summed E-state index contributed by atoms with van der Waals surface area (Å²) in [7, 11) is 0. The van der Waals surface area contributed by atoms with Gasteiger partial charge in [-0.05, 0) is 54.3 Å². The van der Waals surface area contributed by atoms with Crippen LogP contribution in [0.3, 0.4) is 0 Å². The Labute approximate surface area is 117 Å². The molecule has 0 fully saturated rings. The lowest BCUT2D eigenvalue weighted by atomic mass is 10.3. The highest BCUT2D eigenvalue weighted by Crippen LogP contribution is 2.22.